The molecule has 20 heavy (non-hydrogen) atoms. The number of hydrogen-bond donors (Lipinski definition) is 2. The molecule has 1 aromatic heterocycles. The van der Waals surface area contributed by atoms with E-state index < -0.39 is 0 Å². The Kier molecular flexibility index (Phi) is 4.62. The molecule has 7 heteroatoms. The number of nitrogens with two attached hydrogens (primary N) is 1. The van der Waals surface area contributed by atoms with Crippen LogP contribution < -0.4 is 5.73 Å². The Bertz CT molecular complexity index is 612. The molecule has 0 atom stereocenters. The van der Waals surface area contributed by atoms with E-state index in [9.17, 15) is 4.79 Å². The third-order valence-corrected chi connectivity index (χ3v) is 3.42. The number of nitrogens with zero attached hydrogens (tertiary/aromatic N) is 2. The zero-order valence-corrected chi connectivity index (χ0v) is 12.2. The summed E-state index contributed by atoms with van der Waals surface area (Å²) in [6.45, 7) is 4.18. The smallest absolute Gasteiger partial charge is 0.338 e. The van der Waals surface area contributed by atoms with Crippen LogP contribution in [-0.2, 0) is 4.74 Å². The van der Waals surface area contributed by atoms with Gasteiger partial charge in [0, 0.05) is 10.6 Å². The molecule has 6 nitrogen and oxygen atoms in total. The maximum absolute atomic E-state index is 11.7. The van der Waals surface area contributed by atoms with Crippen LogP contribution in [-0.4, -0.2) is 27.8 Å². The molecule has 0 fully saturated rings. The highest BCUT2D eigenvalue weighted by Gasteiger charge is 2.11. The third-order valence-electron chi connectivity index (χ3n) is 2.46. The van der Waals surface area contributed by atoms with Crippen molar-refractivity contribution in [3.05, 3.63) is 29.6 Å². The Balaban J connectivity index is 2.11. The van der Waals surface area contributed by atoms with Crippen LogP contribution in [0.3, 0.4) is 0 Å². The van der Waals surface area contributed by atoms with Gasteiger partial charge in [0.05, 0.1) is 12.2 Å². The van der Waals surface area contributed by atoms with E-state index in [2.05, 4.69) is 15.2 Å². The molecule has 0 radical (unpaired) electrons. The fourth-order valence-electron chi connectivity index (χ4n) is 1.51. The average molecular weight is 292 g/mol. The Morgan fingerprint density at radius 2 is 2.30 bits per heavy atom. The lowest BCUT2D eigenvalue weighted by molar-refractivity contribution is 0.0505. The number of aromatic nitrogens is 3. The summed E-state index contributed by atoms with van der Waals surface area (Å²) in [4.78, 5) is 16.7. The summed E-state index contributed by atoms with van der Waals surface area (Å²) in [5.74, 6) is 0.384. The maximum atomic E-state index is 11.7. The molecule has 0 aliphatic carbocycles. The third kappa shape index (κ3) is 3.51. The fraction of sp³-hybridized carbons (Fsp3) is 0.308. The monoisotopic (exact) mass is 292 g/mol. The number of aryl methyl sites for hydroxylation is 1. The highest BCUT2D eigenvalue weighted by molar-refractivity contribution is 7.99. The molecule has 1 aromatic carbocycles. The van der Waals surface area contributed by atoms with Crippen LogP contribution in [0.1, 0.15) is 29.5 Å². The summed E-state index contributed by atoms with van der Waals surface area (Å²) in [5, 5.41) is 7.39. The maximum Gasteiger partial charge on any atom is 0.338 e. The average Bonchev–Trinajstić information content (AvgIpc) is 2.83. The van der Waals surface area contributed by atoms with Gasteiger partial charge in [0.25, 0.3) is 0 Å². The number of H-pyrrole nitrogens is 1. The normalized spacial score (nSPS) is 10.5. The number of anilines is 1. The van der Waals surface area contributed by atoms with Crippen molar-refractivity contribution < 1.29 is 9.53 Å². The van der Waals surface area contributed by atoms with Gasteiger partial charge in [-0.3, -0.25) is 5.10 Å². The summed E-state index contributed by atoms with van der Waals surface area (Å²) in [5.41, 5.74) is 6.90. The summed E-state index contributed by atoms with van der Waals surface area (Å²) in [6.07, 6.45) is 0.791. The van der Waals surface area contributed by atoms with Gasteiger partial charge >= 0.3 is 5.97 Å². The van der Waals surface area contributed by atoms with E-state index in [0.29, 0.717) is 23.0 Å². The van der Waals surface area contributed by atoms with Crippen molar-refractivity contribution >= 4 is 23.4 Å². The minimum absolute atomic E-state index is 0.358. The molecule has 0 aliphatic heterocycles. The van der Waals surface area contributed by atoms with E-state index in [1.807, 2.05) is 13.8 Å². The lowest BCUT2D eigenvalue weighted by Crippen LogP contribution is -2.06. The van der Waals surface area contributed by atoms with E-state index in [4.69, 9.17) is 10.5 Å². The molecule has 0 aliphatic rings. The van der Waals surface area contributed by atoms with Gasteiger partial charge in [-0.25, -0.2) is 9.78 Å². The van der Waals surface area contributed by atoms with Crippen LogP contribution in [0.5, 0.6) is 0 Å². The zero-order chi connectivity index (χ0) is 14.5. The van der Waals surface area contributed by atoms with E-state index in [-0.39, 0.29) is 5.97 Å². The number of hydrogen-bond acceptors (Lipinski definition) is 6. The molecule has 0 saturated carbocycles. The molecular formula is C13H16N4O2S. The number of aromatic amines is 1. The van der Waals surface area contributed by atoms with Crippen LogP contribution >= 0.6 is 11.8 Å². The summed E-state index contributed by atoms with van der Waals surface area (Å²) in [7, 11) is 0. The first-order valence-electron chi connectivity index (χ1n) is 6.23. The second kappa shape index (κ2) is 6.42. The van der Waals surface area contributed by atoms with Crippen molar-refractivity contribution in [3.63, 3.8) is 0 Å². The van der Waals surface area contributed by atoms with Gasteiger partial charge in [0.15, 0.2) is 0 Å². The van der Waals surface area contributed by atoms with E-state index >= 15 is 0 Å². The molecule has 0 saturated heterocycles. The van der Waals surface area contributed by atoms with Crippen LogP contribution in [0.15, 0.2) is 28.3 Å². The first-order valence-corrected chi connectivity index (χ1v) is 7.05. The highest BCUT2D eigenvalue weighted by atomic mass is 32.2. The summed E-state index contributed by atoms with van der Waals surface area (Å²) < 4.78 is 5.06. The molecule has 0 unspecified atom stereocenters. The number of nitrogens with one attached hydrogen (secondary N) is 1. The standard InChI is InChI=1S/C13H16N4O2S/c1-3-6-19-12(18)9-4-5-11(10(14)7-9)20-13-15-8(2)16-17-13/h4-5,7H,3,6,14H2,1-2H3,(H,15,16,17). The van der Waals surface area contributed by atoms with Gasteiger partial charge in [-0.1, -0.05) is 6.92 Å². The molecule has 2 aromatic rings. The van der Waals surface area contributed by atoms with Gasteiger partial charge in [-0.05, 0) is 43.3 Å². The molecule has 0 bridgehead atoms. The van der Waals surface area contributed by atoms with Crippen molar-refractivity contribution in [3.8, 4) is 0 Å². The van der Waals surface area contributed by atoms with Crippen LogP contribution in [0, 0.1) is 6.92 Å². The highest BCUT2D eigenvalue weighted by Crippen LogP contribution is 2.30. The van der Waals surface area contributed by atoms with Gasteiger partial charge in [0.1, 0.15) is 5.82 Å². The number of ether oxygens (including phenoxy) is 1. The molecule has 3 N–H and O–H groups in total. The van der Waals surface area contributed by atoms with Crippen LogP contribution in [0.2, 0.25) is 0 Å². The van der Waals surface area contributed by atoms with Gasteiger partial charge in [-0.2, -0.15) is 0 Å². The first kappa shape index (κ1) is 14.4. The van der Waals surface area contributed by atoms with E-state index in [1.165, 1.54) is 11.8 Å². The lowest BCUT2D eigenvalue weighted by Gasteiger charge is -2.06. The number of carbonyl (C=O) groups is 1. The number of rotatable bonds is 5. The Morgan fingerprint density at radius 1 is 1.50 bits per heavy atom. The van der Waals surface area contributed by atoms with Crippen molar-refractivity contribution in [1.82, 2.24) is 15.2 Å². The summed E-state index contributed by atoms with van der Waals surface area (Å²) >= 11 is 1.34. The van der Waals surface area contributed by atoms with Crippen molar-refractivity contribution in [2.45, 2.75) is 30.3 Å². The molecule has 106 valence electrons. The Morgan fingerprint density at radius 3 is 2.90 bits per heavy atom. The number of benzene rings is 1. The molecule has 2 rings (SSSR count). The van der Waals surface area contributed by atoms with Crippen molar-refractivity contribution in [1.29, 1.82) is 0 Å². The number of carbonyl (C=O) groups excluding carboxylic acids is 1. The largest absolute Gasteiger partial charge is 0.462 e. The van der Waals surface area contributed by atoms with Crippen LogP contribution in [0.4, 0.5) is 5.69 Å². The minimum atomic E-state index is -0.358. The zero-order valence-electron chi connectivity index (χ0n) is 11.3. The topological polar surface area (TPSA) is 93.9 Å². The van der Waals surface area contributed by atoms with Crippen molar-refractivity contribution in [2.24, 2.45) is 0 Å². The molecule has 0 amide bonds. The minimum Gasteiger partial charge on any atom is -0.462 e. The Labute approximate surface area is 121 Å². The summed E-state index contributed by atoms with van der Waals surface area (Å²) in [6, 6.07) is 5.07. The molecular weight excluding hydrogens is 276 g/mol. The van der Waals surface area contributed by atoms with Gasteiger partial charge < -0.3 is 10.5 Å². The fourth-order valence-corrected chi connectivity index (χ4v) is 2.30. The quantitative estimate of drug-likeness (QED) is 0.649. The Hall–Kier alpha value is -2.02. The van der Waals surface area contributed by atoms with E-state index in [1.54, 1.807) is 18.2 Å². The molecule has 0 spiro atoms. The van der Waals surface area contributed by atoms with Crippen LogP contribution in [0.25, 0.3) is 0 Å². The SMILES string of the molecule is CCCOC(=O)c1ccc(Sc2n[nH]c(C)n2)c(N)c1. The van der Waals surface area contributed by atoms with E-state index in [0.717, 1.165) is 17.1 Å². The number of esters is 1. The van der Waals surface area contributed by atoms with Gasteiger partial charge in [0.2, 0.25) is 5.16 Å². The lowest BCUT2D eigenvalue weighted by atomic mass is 10.2. The molecule has 1 heterocycles. The predicted octanol–water partition coefficient (Wildman–Crippen LogP) is 2.41. The van der Waals surface area contributed by atoms with Gasteiger partial charge in [-0.15, -0.1) is 5.10 Å². The second-order valence-corrected chi connectivity index (χ2v) is 5.20. The first-order chi connectivity index (χ1) is 9.60. The predicted molar refractivity (Wildman–Crippen MR) is 76.7 cm³/mol. The second-order valence-electron chi connectivity index (χ2n) is 4.19. The number of nitrogen functional groups attached to an aromatic ring is 1. The van der Waals surface area contributed by atoms with Crippen molar-refractivity contribution in [2.75, 3.05) is 12.3 Å².